The number of hydrogen-bond acceptors (Lipinski definition) is 4. The molecule has 0 aliphatic carbocycles. The maximum atomic E-state index is 10.4. The molecule has 0 aromatic heterocycles. The van der Waals surface area contributed by atoms with Gasteiger partial charge in [-0.05, 0) is 5.56 Å². The molecule has 0 unspecified atom stereocenters. The molecule has 16 heavy (non-hydrogen) atoms. The molecule has 88 valence electrons. The number of guanidine groups is 1. The van der Waals surface area contributed by atoms with Crippen LogP contribution in [0.2, 0.25) is 0 Å². The second kappa shape index (κ2) is 8.60. The van der Waals surface area contributed by atoms with E-state index in [1.54, 1.807) is 0 Å². The number of benzene rings is 1. The number of nitrogens with two attached hydrogens (primary N) is 1. The van der Waals surface area contributed by atoms with Crippen LogP contribution in [0.15, 0.2) is 30.3 Å². The summed E-state index contributed by atoms with van der Waals surface area (Å²) in [7, 11) is 0. The molecule has 0 aliphatic heterocycles. The first-order valence-corrected chi connectivity index (χ1v) is 4.92. The Bertz CT molecular complexity index is 330. The third kappa shape index (κ3) is 8.89. The van der Waals surface area contributed by atoms with Gasteiger partial charge < -0.3 is 15.2 Å². The van der Waals surface area contributed by atoms with E-state index in [9.17, 15) is 4.79 Å². The van der Waals surface area contributed by atoms with Crippen molar-refractivity contribution in [1.29, 1.82) is 5.41 Å². The second-order valence-electron chi connectivity index (χ2n) is 2.79. The minimum absolute atomic E-state index is 0.131. The lowest BCUT2D eigenvalue weighted by Crippen LogP contribution is -2.21. The van der Waals surface area contributed by atoms with Gasteiger partial charge in [-0.25, -0.2) is 0 Å². The number of carbonyl (C=O) groups excluding carboxylic acids is 1. The van der Waals surface area contributed by atoms with Crippen LogP contribution in [0.25, 0.3) is 0 Å². The van der Waals surface area contributed by atoms with Crippen LogP contribution in [0.4, 0.5) is 0 Å². The fourth-order valence-electron chi connectivity index (χ4n) is 0.759. The highest BCUT2D eigenvalue weighted by Gasteiger charge is 1.93. The topological polar surface area (TPSA) is 88.2 Å². The lowest BCUT2D eigenvalue weighted by molar-refractivity contribution is -0.142. The quantitative estimate of drug-likeness (QED) is 0.270. The fraction of sp³-hybridized carbons (Fsp3) is 0.200. The summed E-state index contributed by atoms with van der Waals surface area (Å²) >= 11 is 3.42. The summed E-state index contributed by atoms with van der Waals surface area (Å²) in [5, 5.41) is 6.33. The Hall–Kier alpha value is -1.69. The summed E-state index contributed by atoms with van der Waals surface area (Å²) in [6.07, 6.45) is 0. The van der Waals surface area contributed by atoms with Crippen molar-refractivity contribution in [1.82, 2.24) is 4.72 Å². The minimum Gasteiger partial charge on any atom is -0.461 e. The van der Waals surface area contributed by atoms with Gasteiger partial charge in [0.05, 0.1) is 0 Å². The van der Waals surface area contributed by atoms with Crippen LogP contribution >= 0.6 is 12.8 Å². The average molecular weight is 241 g/mol. The molecule has 0 saturated carbocycles. The Labute approximate surface area is 100 Å². The molecule has 0 amide bonds. The molecule has 0 saturated heterocycles. The zero-order chi connectivity index (χ0) is 12.4. The van der Waals surface area contributed by atoms with E-state index in [0.29, 0.717) is 6.61 Å². The summed E-state index contributed by atoms with van der Waals surface area (Å²) in [6, 6.07) is 9.60. The van der Waals surface area contributed by atoms with Crippen LogP contribution in [-0.2, 0) is 16.1 Å². The van der Waals surface area contributed by atoms with E-state index in [1.807, 2.05) is 30.3 Å². The van der Waals surface area contributed by atoms with Gasteiger partial charge in [0, 0.05) is 6.92 Å². The molecule has 0 bridgehead atoms. The number of rotatable bonds is 2. The number of hydrogen-bond donors (Lipinski definition) is 4. The van der Waals surface area contributed by atoms with Crippen molar-refractivity contribution in [3.05, 3.63) is 35.9 Å². The number of carbonyl (C=O) groups is 1. The molecular formula is C10H15N3O2S. The largest absolute Gasteiger partial charge is 0.461 e. The first kappa shape index (κ1) is 14.3. The molecule has 6 heteroatoms. The summed E-state index contributed by atoms with van der Waals surface area (Å²) in [5.74, 6) is -0.373. The number of esters is 1. The Kier molecular flexibility index (Phi) is 7.70. The van der Waals surface area contributed by atoms with E-state index in [2.05, 4.69) is 23.3 Å². The van der Waals surface area contributed by atoms with Crippen LogP contribution in [-0.4, -0.2) is 11.9 Å². The average Bonchev–Trinajstić information content (AvgIpc) is 2.28. The summed E-state index contributed by atoms with van der Waals surface area (Å²) in [6.45, 7) is 1.78. The number of nitrogens with one attached hydrogen (secondary N) is 2. The predicted octanol–water partition coefficient (Wildman–Crippen LogP) is 1.06. The van der Waals surface area contributed by atoms with Gasteiger partial charge in [-0.2, -0.15) is 0 Å². The van der Waals surface area contributed by atoms with Crippen molar-refractivity contribution in [2.24, 2.45) is 5.73 Å². The van der Waals surface area contributed by atoms with Gasteiger partial charge in [-0.3, -0.25) is 10.2 Å². The van der Waals surface area contributed by atoms with Crippen molar-refractivity contribution in [2.75, 3.05) is 0 Å². The van der Waals surface area contributed by atoms with E-state index < -0.39 is 0 Å². The van der Waals surface area contributed by atoms with E-state index >= 15 is 0 Å². The summed E-state index contributed by atoms with van der Waals surface area (Å²) in [4.78, 5) is 10.4. The van der Waals surface area contributed by atoms with Gasteiger partial charge in [0.15, 0.2) is 5.96 Å². The molecule has 1 aromatic carbocycles. The Morgan fingerprint density at radius 1 is 1.50 bits per heavy atom. The van der Waals surface area contributed by atoms with Crippen molar-refractivity contribution in [2.45, 2.75) is 13.5 Å². The summed E-state index contributed by atoms with van der Waals surface area (Å²) < 4.78 is 6.87. The maximum Gasteiger partial charge on any atom is 0.302 e. The SMILES string of the molecule is CC(=O)OCc1ccccc1.N=C(N)NS. The van der Waals surface area contributed by atoms with Gasteiger partial charge in [0.25, 0.3) is 0 Å². The van der Waals surface area contributed by atoms with E-state index in [1.165, 1.54) is 6.92 Å². The second-order valence-corrected chi connectivity index (χ2v) is 3.01. The first-order valence-electron chi connectivity index (χ1n) is 4.47. The smallest absolute Gasteiger partial charge is 0.302 e. The lowest BCUT2D eigenvalue weighted by Gasteiger charge is -1.99. The number of ether oxygens (including phenoxy) is 1. The zero-order valence-electron chi connectivity index (χ0n) is 8.93. The lowest BCUT2D eigenvalue weighted by atomic mass is 10.2. The highest BCUT2D eigenvalue weighted by atomic mass is 32.1. The molecule has 0 radical (unpaired) electrons. The third-order valence-electron chi connectivity index (χ3n) is 1.41. The van der Waals surface area contributed by atoms with Crippen molar-refractivity contribution >= 4 is 24.7 Å². The molecule has 0 heterocycles. The Balaban J connectivity index is 0.000000385. The monoisotopic (exact) mass is 241 g/mol. The van der Waals surface area contributed by atoms with Gasteiger partial charge in [0.1, 0.15) is 6.61 Å². The minimum atomic E-state index is -0.242. The van der Waals surface area contributed by atoms with Crippen LogP contribution in [0.1, 0.15) is 12.5 Å². The maximum absolute atomic E-state index is 10.4. The molecule has 0 spiro atoms. The van der Waals surface area contributed by atoms with Crippen LogP contribution in [0, 0.1) is 5.41 Å². The van der Waals surface area contributed by atoms with Gasteiger partial charge in [-0.15, -0.1) is 0 Å². The predicted molar refractivity (Wildman–Crippen MR) is 65.9 cm³/mol. The molecule has 0 atom stereocenters. The van der Waals surface area contributed by atoms with Crippen molar-refractivity contribution < 1.29 is 9.53 Å². The van der Waals surface area contributed by atoms with Crippen molar-refractivity contribution in [3.63, 3.8) is 0 Å². The van der Waals surface area contributed by atoms with Gasteiger partial charge >= 0.3 is 5.97 Å². The van der Waals surface area contributed by atoms with Gasteiger partial charge in [-0.1, -0.05) is 43.1 Å². The molecule has 1 aromatic rings. The normalized spacial score (nSPS) is 8.38. The molecule has 0 aliphatic rings. The molecule has 0 fully saturated rings. The Morgan fingerprint density at radius 2 is 2.00 bits per heavy atom. The summed E-state index contributed by atoms with van der Waals surface area (Å²) in [5.41, 5.74) is 5.70. The zero-order valence-corrected chi connectivity index (χ0v) is 9.83. The van der Waals surface area contributed by atoms with E-state index in [-0.39, 0.29) is 11.9 Å². The third-order valence-corrected chi connectivity index (χ3v) is 1.65. The first-order chi connectivity index (χ1) is 7.56. The van der Waals surface area contributed by atoms with Crippen molar-refractivity contribution in [3.8, 4) is 0 Å². The fourth-order valence-corrected chi connectivity index (χ4v) is 0.759. The van der Waals surface area contributed by atoms with Gasteiger partial charge in [0.2, 0.25) is 0 Å². The molecule has 4 N–H and O–H groups in total. The molecule has 1 rings (SSSR count). The molecule has 5 nitrogen and oxygen atoms in total. The highest BCUT2D eigenvalue weighted by molar-refractivity contribution is 7.78. The van der Waals surface area contributed by atoms with Crippen LogP contribution < -0.4 is 10.5 Å². The standard InChI is InChI=1S/C9H10O2.CH5N3S/c1-8(10)11-7-9-5-3-2-4-6-9;2-1(3)4-5/h2-6H,7H2,1H3;5H,(H4,2,3,4). The highest BCUT2D eigenvalue weighted by Crippen LogP contribution is 1.99. The molecular weight excluding hydrogens is 226 g/mol. The van der Waals surface area contributed by atoms with Crippen LogP contribution in [0.5, 0.6) is 0 Å². The van der Waals surface area contributed by atoms with E-state index in [4.69, 9.17) is 10.1 Å². The van der Waals surface area contributed by atoms with Crippen LogP contribution in [0.3, 0.4) is 0 Å². The number of thiol groups is 1. The Morgan fingerprint density at radius 3 is 2.38 bits per heavy atom. The van der Waals surface area contributed by atoms with E-state index in [0.717, 1.165) is 5.56 Å².